The molecule has 4 atom stereocenters. The molecule has 0 aliphatic carbocycles. The van der Waals surface area contributed by atoms with Gasteiger partial charge in [0.1, 0.15) is 0 Å². The molecule has 1 rings (SSSR count). The molecule has 4 heteroatoms. The number of rotatable bonds is 10. The second-order valence-corrected chi connectivity index (χ2v) is 6.32. The van der Waals surface area contributed by atoms with Crippen molar-refractivity contribution in [1.82, 2.24) is 5.32 Å². The van der Waals surface area contributed by atoms with Crippen molar-refractivity contribution in [1.29, 1.82) is 0 Å². The summed E-state index contributed by atoms with van der Waals surface area (Å²) >= 11 is 0. The Morgan fingerprint density at radius 3 is 2.36 bits per heavy atom. The molecule has 0 fully saturated rings. The van der Waals surface area contributed by atoms with E-state index < -0.39 is 6.10 Å². The molecule has 22 heavy (non-hydrogen) atoms. The number of benzene rings is 1. The average Bonchev–Trinajstić information content (AvgIpc) is 2.56. The minimum Gasteiger partial charge on any atom is -0.390 e. The second-order valence-electron chi connectivity index (χ2n) is 6.32. The first-order chi connectivity index (χ1) is 10.5. The fourth-order valence-corrected chi connectivity index (χ4v) is 2.94. The smallest absolute Gasteiger partial charge is 0.0818 e. The van der Waals surface area contributed by atoms with Crippen molar-refractivity contribution in [2.75, 3.05) is 13.1 Å². The largest absolute Gasteiger partial charge is 0.390 e. The lowest BCUT2D eigenvalue weighted by molar-refractivity contribution is 0.113. The van der Waals surface area contributed by atoms with E-state index >= 15 is 0 Å². The van der Waals surface area contributed by atoms with Crippen LogP contribution in [0.25, 0.3) is 0 Å². The normalized spacial score (nSPS) is 18.5. The van der Waals surface area contributed by atoms with E-state index in [1.54, 1.807) is 0 Å². The minimum atomic E-state index is -0.582. The molecule has 0 aliphatic rings. The molecule has 0 heterocycles. The highest BCUT2D eigenvalue weighted by atomic mass is 16.3. The van der Waals surface area contributed by atoms with Gasteiger partial charge < -0.3 is 21.9 Å². The molecule has 0 spiro atoms. The molecule has 0 amide bonds. The van der Waals surface area contributed by atoms with Gasteiger partial charge in [0, 0.05) is 24.7 Å². The van der Waals surface area contributed by atoms with Gasteiger partial charge in [-0.15, -0.1) is 0 Å². The number of hydrogen-bond donors (Lipinski definition) is 4. The van der Waals surface area contributed by atoms with Crippen LogP contribution in [0.4, 0.5) is 0 Å². The van der Waals surface area contributed by atoms with E-state index in [1.165, 1.54) is 0 Å². The molecule has 0 unspecified atom stereocenters. The van der Waals surface area contributed by atoms with Crippen molar-refractivity contribution in [3.05, 3.63) is 35.9 Å². The summed E-state index contributed by atoms with van der Waals surface area (Å²) in [4.78, 5) is 0. The van der Waals surface area contributed by atoms with Crippen LogP contribution in [0, 0.1) is 5.92 Å². The van der Waals surface area contributed by atoms with Crippen molar-refractivity contribution in [2.45, 2.75) is 57.7 Å². The van der Waals surface area contributed by atoms with E-state index in [2.05, 4.69) is 26.1 Å². The van der Waals surface area contributed by atoms with E-state index in [9.17, 15) is 5.11 Å². The quantitative estimate of drug-likeness (QED) is 0.530. The van der Waals surface area contributed by atoms with Gasteiger partial charge in [-0.1, -0.05) is 57.5 Å². The van der Waals surface area contributed by atoms with Crippen LogP contribution in [0.5, 0.6) is 0 Å². The zero-order valence-electron chi connectivity index (χ0n) is 14.3. The highest BCUT2D eigenvalue weighted by Gasteiger charge is 2.32. The van der Waals surface area contributed by atoms with Crippen LogP contribution in [0.3, 0.4) is 0 Å². The summed E-state index contributed by atoms with van der Waals surface area (Å²) in [7, 11) is 0. The maximum atomic E-state index is 10.4. The number of hydrogen-bond acceptors (Lipinski definition) is 4. The van der Waals surface area contributed by atoms with E-state index in [0.717, 1.165) is 18.4 Å². The monoisotopic (exact) mass is 307 g/mol. The molecular formula is C18H33N3O. The Morgan fingerprint density at radius 2 is 1.86 bits per heavy atom. The maximum absolute atomic E-state index is 10.4. The highest BCUT2D eigenvalue weighted by Crippen LogP contribution is 2.23. The van der Waals surface area contributed by atoms with Gasteiger partial charge in [-0.05, 0) is 24.3 Å². The highest BCUT2D eigenvalue weighted by molar-refractivity contribution is 5.16. The average molecular weight is 307 g/mol. The maximum Gasteiger partial charge on any atom is 0.0818 e. The Labute approximate surface area is 135 Å². The number of β-amino-alcohol motifs (C(OH)–C–C–N with tert-alkyl or cyclic N) is 1. The first-order valence-corrected chi connectivity index (χ1v) is 8.41. The van der Waals surface area contributed by atoms with E-state index in [4.69, 9.17) is 11.5 Å². The molecule has 1 aromatic carbocycles. The van der Waals surface area contributed by atoms with Gasteiger partial charge in [0.05, 0.1) is 6.10 Å². The summed E-state index contributed by atoms with van der Waals surface area (Å²) in [5.41, 5.74) is 13.2. The lowest BCUT2D eigenvalue weighted by Crippen LogP contribution is -2.58. The standard InChI is InChI=1S/C18H33N3O/c1-4-14(3)18(5-2,13-19)21-12-17(22)16(20)11-15-9-7-6-8-10-15/h6-10,14,16-17,21-22H,4-5,11-13,19-20H2,1-3H3/t14-,16-,17+,18+/m0/s1. The molecule has 0 aromatic heterocycles. The first-order valence-electron chi connectivity index (χ1n) is 8.41. The Morgan fingerprint density at radius 1 is 1.23 bits per heavy atom. The third-order valence-corrected chi connectivity index (χ3v) is 5.02. The number of aliphatic hydroxyl groups excluding tert-OH is 1. The predicted molar refractivity (Wildman–Crippen MR) is 93.7 cm³/mol. The van der Waals surface area contributed by atoms with Crippen molar-refractivity contribution in [3.63, 3.8) is 0 Å². The molecule has 4 nitrogen and oxygen atoms in total. The Kier molecular flexibility index (Phi) is 8.04. The molecule has 1 aromatic rings. The van der Waals surface area contributed by atoms with Gasteiger partial charge in [-0.3, -0.25) is 0 Å². The summed E-state index contributed by atoms with van der Waals surface area (Å²) in [5.74, 6) is 0.458. The molecular weight excluding hydrogens is 274 g/mol. The zero-order valence-corrected chi connectivity index (χ0v) is 14.3. The zero-order chi connectivity index (χ0) is 16.6. The number of aliphatic hydroxyl groups is 1. The van der Waals surface area contributed by atoms with Gasteiger partial charge in [0.15, 0.2) is 0 Å². The second kappa shape index (κ2) is 9.26. The van der Waals surface area contributed by atoms with Crippen LogP contribution in [0.15, 0.2) is 30.3 Å². The molecule has 0 radical (unpaired) electrons. The molecule has 0 saturated heterocycles. The number of nitrogens with two attached hydrogens (primary N) is 2. The van der Waals surface area contributed by atoms with Crippen molar-refractivity contribution in [2.24, 2.45) is 17.4 Å². The molecule has 0 aliphatic heterocycles. The Balaban J connectivity index is 2.57. The van der Waals surface area contributed by atoms with Gasteiger partial charge >= 0.3 is 0 Å². The lowest BCUT2D eigenvalue weighted by Gasteiger charge is -2.39. The van der Waals surface area contributed by atoms with Gasteiger partial charge in [-0.2, -0.15) is 0 Å². The lowest BCUT2D eigenvalue weighted by atomic mass is 9.80. The predicted octanol–water partition coefficient (Wildman–Crippen LogP) is 1.66. The first kappa shape index (κ1) is 19.1. The third-order valence-electron chi connectivity index (χ3n) is 5.02. The number of nitrogens with one attached hydrogen (secondary N) is 1. The fourth-order valence-electron chi connectivity index (χ4n) is 2.94. The third kappa shape index (κ3) is 5.06. The van der Waals surface area contributed by atoms with E-state index in [0.29, 0.717) is 25.4 Å². The Hall–Kier alpha value is -0.940. The summed E-state index contributed by atoms with van der Waals surface area (Å²) in [6, 6.07) is 9.76. The van der Waals surface area contributed by atoms with Crippen molar-refractivity contribution >= 4 is 0 Å². The topological polar surface area (TPSA) is 84.3 Å². The van der Waals surface area contributed by atoms with E-state index in [-0.39, 0.29) is 11.6 Å². The van der Waals surface area contributed by atoms with Crippen LogP contribution >= 0.6 is 0 Å². The van der Waals surface area contributed by atoms with Crippen molar-refractivity contribution < 1.29 is 5.11 Å². The molecule has 6 N–H and O–H groups in total. The summed E-state index contributed by atoms with van der Waals surface area (Å²) in [5, 5.41) is 13.9. The van der Waals surface area contributed by atoms with Crippen LogP contribution < -0.4 is 16.8 Å². The van der Waals surface area contributed by atoms with Crippen LogP contribution in [-0.4, -0.2) is 35.9 Å². The van der Waals surface area contributed by atoms with Gasteiger partial charge in [0.25, 0.3) is 0 Å². The summed E-state index contributed by atoms with van der Waals surface area (Å²) < 4.78 is 0. The SMILES string of the molecule is CC[C@H](C)[C@@](CC)(CN)NC[C@@H](O)[C@@H](N)Cc1ccccc1. The van der Waals surface area contributed by atoms with Crippen LogP contribution in [-0.2, 0) is 6.42 Å². The van der Waals surface area contributed by atoms with E-state index in [1.807, 2.05) is 30.3 Å². The Bertz CT molecular complexity index is 406. The molecule has 0 bridgehead atoms. The minimum absolute atomic E-state index is 0.123. The van der Waals surface area contributed by atoms with Crippen LogP contribution in [0.2, 0.25) is 0 Å². The van der Waals surface area contributed by atoms with Crippen LogP contribution in [0.1, 0.15) is 39.2 Å². The van der Waals surface area contributed by atoms with Gasteiger partial charge in [0.2, 0.25) is 0 Å². The van der Waals surface area contributed by atoms with Crippen molar-refractivity contribution in [3.8, 4) is 0 Å². The molecule has 126 valence electrons. The summed E-state index contributed by atoms with van der Waals surface area (Å²) in [6.07, 6.45) is 2.10. The molecule has 0 saturated carbocycles. The summed E-state index contributed by atoms with van der Waals surface area (Å²) in [6.45, 7) is 7.56. The fraction of sp³-hybridized carbons (Fsp3) is 0.667. The van der Waals surface area contributed by atoms with Gasteiger partial charge in [-0.25, -0.2) is 0 Å².